The summed E-state index contributed by atoms with van der Waals surface area (Å²) in [6.07, 6.45) is 3.31. The topological polar surface area (TPSA) is 63.1 Å². The van der Waals surface area contributed by atoms with Gasteiger partial charge in [-0.25, -0.2) is 0 Å². The monoisotopic (exact) mass is 194 g/mol. The molecule has 0 saturated carbocycles. The van der Waals surface area contributed by atoms with E-state index in [0.29, 0.717) is 5.69 Å². The van der Waals surface area contributed by atoms with Crippen molar-refractivity contribution in [2.45, 2.75) is 6.42 Å². The number of hydrogen-bond donors (Lipinski definition) is 1. The summed E-state index contributed by atoms with van der Waals surface area (Å²) in [7, 11) is 0. The van der Waals surface area contributed by atoms with Crippen LogP contribution < -0.4 is 0 Å². The second-order valence-electron chi connectivity index (χ2n) is 2.57. The van der Waals surface area contributed by atoms with Crippen LogP contribution in [-0.4, -0.2) is 20.4 Å². The molecule has 2 rings (SSSR count). The lowest BCUT2D eigenvalue weighted by atomic mass is 10.2. The van der Waals surface area contributed by atoms with Crippen molar-refractivity contribution in [3.8, 4) is 0 Å². The minimum Gasteiger partial charge on any atom is -0.481 e. The zero-order chi connectivity index (χ0) is 9.26. The first-order valence-corrected chi connectivity index (χ1v) is 4.45. The van der Waals surface area contributed by atoms with Gasteiger partial charge in [0.2, 0.25) is 0 Å². The molecule has 0 aliphatic rings. The minimum absolute atomic E-state index is 0.0238. The first-order chi connectivity index (χ1) is 6.27. The fraction of sp³-hybridized carbons (Fsp3) is 0.125. The van der Waals surface area contributed by atoms with E-state index in [2.05, 4.69) is 9.36 Å². The molecule has 0 aliphatic heterocycles. The maximum atomic E-state index is 10.5. The number of carbonyl (C=O) groups is 1. The zero-order valence-electron chi connectivity index (χ0n) is 6.60. The van der Waals surface area contributed by atoms with Crippen LogP contribution in [0.25, 0.3) is 10.1 Å². The van der Waals surface area contributed by atoms with Crippen LogP contribution in [0.4, 0.5) is 0 Å². The molecule has 0 bridgehead atoms. The van der Waals surface area contributed by atoms with Crippen LogP contribution in [0, 0.1) is 0 Å². The fourth-order valence-corrected chi connectivity index (χ4v) is 1.88. The molecule has 0 aromatic carbocycles. The summed E-state index contributed by atoms with van der Waals surface area (Å²) in [5.41, 5.74) is 0.620. The van der Waals surface area contributed by atoms with Gasteiger partial charge in [0.1, 0.15) is 0 Å². The summed E-state index contributed by atoms with van der Waals surface area (Å²) in [4.78, 5) is 14.4. The van der Waals surface area contributed by atoms with Gasteiger partial charge in [-0.1, -0.05) is 0 Å². The molecule has 0 fully saturated rings. The predicted octanol–water partition coefficient (Wildman–Crippen LogP) is 1.32. The van der Waals surface area contributed by atoms with Gasteiger partial charge in [0.25, 0.3) is 0 Å². The quantitative estimate of drug-likeness (QED) is 0.783. The Bertz CT molecular complexity index is 452. The number of aliphatic carboxylic acids is 1. The Labute approximate surface area is 78.0 Å². The molecule has 5 heteroatoms. The molecule has 4 nitrogen and oxygen atoms in total. The molecular formula is C8H6N2O2S. The SMILES string of the molecule is O=C(O)Cc1nsc2cnccc12. The summed E-state index contributed by atoms with van der Waals surface area (Å²) in [6.45, 7) is 0. The highest BCUT2D eigenvalue weighted by atomic mass is 32.1. The van der Waals surface area contributed by atoms with Crippen molar-refractivity contribution in [1.29, 1.82) is 0 Å². The highest BCUT2D eigenvalue weighted by molar-refractivity contribution is 7.13. The Morgan fingerprint density at radius 3 is 3.23 bits per heavy atom. The number of fused-ring (bicyclic) bond motifs is 1. The Morgan fingerprint density at radius 2 is 2.46 bits per heavy atom. The first-order valence-electron chi connectivity index (χ1n) is 3.67. The van der Waals surface area contributed by atoms with E-state index in [1.165, 1.54) is 11.5 Å². The van der Waals surface area contributed by atoms with Gasteiger partial charge < -0.3 is 5.11 Å². The maximum absolute atomic E-state index is 10.5. The van der Waals surface area contributed by atoms with Crippen LogP contribution in [0.3, 0.4) is 0 Å². The number of carboxylic acid groups (broad SMARTS) is 1. The van der Waals surface area contributed by atoms with E-state index < -0.39 is 5.97 Å². The van der Waals surface area contributed by atoms with Gasteiger partial charge in [-0.15, -0.1) is 0 Å². The largest absolute Gasteiger partial charge is 0.481 e. The molecule has 0 radical (unpaired) electrons. The number of nitrogens with zero attached hydrogens (tertiary/aromatic N) is 2. The minimum atomic E-state index is -0.857. The normalized spacial score (nSPS) is 10.5. The van der Waals surface area contributed by atoms with Crippen LogP contribution in [0.5, 0.6) is 0 Å². The van der Waals surface area contributed by atoms with Crippen molar-refractivity contribution in [2.75, 3.05) is 0 Å². The summed E-state index contributed by atoms with van der Waals surface area (Å²) in [5, 5.41) is 9.48. The molecule has 13 heavy (non-hydrogen) atoms. The second-order valence-corrected chi connectivity index (χ2v) is 3.38. The van der Waals surface area contributed by atoms with E-state index in [9.17, 15) is 4.79 Å². The molecule has 0 aliphatic carbocycles. The van der Waals surface area contributed by atoms with E-state index in [0.717, 1.165) is 10.1 Å². The lowest BCUT2D eigenvalue weighted by Gasteiger charge is -1.90. The third-order valence-corrected chi connectivity index (χ3v) is 2.50. The summed E-state index contributed by atoms with van der Waals surface area (Å²) in [6, 6.07) is 1.79. The number of hydrogen-bond acceptors (Lipinski definition) is 4. The van der Waals surface area contributed by atoms with Gasteiger partial charge in [-0.3, -0.25) is 9.78 Å². The lowest BCUT2D eigenvalue weighted by molar-refractivity contribution is -0.136. The van der Waals surface area contributed by atoms with E-state index >= 15 is 0 Å². The molecule has 2 heterocycles. The molecular weight excluding hydrogens is 188 g/mol. The van der Waals surface area contributed by atoms with E-state index in [1.54, 1.807) is 18.5 Å². The van der Waals surface area contributed by atoms with Gasteiger partial charge in [0, 0.05) is 17.8 Å². The summed E-state index contributed by atoms with van der Waals surface area (Å²) < 4.78 is 4.99. The molecule has 0 unspecified atom stereocenters. The fourth-order valence-electron chi connectivity index (χ4n) is 1.12. The smallest absolute Gasteiger partial charge is 0.309 e. The Morgan fingerprint density at radius 1 is 1.62 bits per heavy atom. The number of aromatic nitrogens is 2. The van der Waals surface area contributed by atoms with Crippen LogP contribution in [0.2, 0.25) is 0 Å². The summed E-state index contributed by atoms with van der Waals surface area (Å²) >= 11 is 1.28. The van der Waals surface area contributed by atoms with Crippen molar-refractivity contribution in [3.63, 3.8) is 0 Å². The van der Waals surface area contributed by atoms with Gasteiger partial charge in [-0.2, -0.15) is 4.37 Å². The average Bonchev–Trinajstić information content (AvgIpc) is 2.48. The summed E-state index contributed by atoms with van der Waals surface area (Å²) in [5.74, 6) is -0.857. The van der Waals surface area contributed by atoms with Gasteiger partial charge in [-0.05, 0) is 17.6 Å². The molecule has 0 saturated heterocycles. The van der Waals surface area contributed by atoms with E-state index in [4.69, 9.17) is 5.11 Å². The average molecular weight is 194 g/mol. The Hall–Kier alpha value is -1.49. The highest BCUT2D eigenvalue weighted by Gasteiger charge is 2.08. The van der Waals surface area contributed by atoms with Crippen LogP contribution in [-0.2, 0) is 11.2 Å². The van der Waals surface area contributed by atoms with Crippen LogP contribution >= 0.6 is 11.5 Å². The first kappa shape index (κ1) is 8.12. The predicted molar refractivity (Wildman–Crippen MR) is 48.8 cm³/mol. The Kier molecular flexibility index (Phi) is 1.94. The van der Waals surface area contributed by atoms with Crippen molar-refractivity contribution in [2.24, 2.45) is 0 Å². The molecule has 2 aromatic rings. The molecule has 0 atom stereocenters. The van der Waals surface area contributed by atoms with Crippen LogP contribution in [0.1, 0.15) is 5.69 Å². The second kappa shape index (κ2) is 3.10. The number of rotatable bonds is 2. The van der Waals surface area contributed by atoms with Gasteiger partial charge >= 0.3 is 5.97 Å². The van der Waals surface area contributed by atoms with Crippen molar-refractivity contribution < 1.29 is 9.90 Å². The highest BCUT2D eigenvalue weighted by Crippen LogP contribution is 2.21. The Balaban J connectivity index is 2.51. The zero-order valence-corrected chi connectivity index (χ0v) is 7.41. The van der Waals surface area contributed by atoms with Gasteiger partial charge in [0.05, 0.1) is 16.8 Å². The van der Waals surface area contributed by atoms with E-state index in [1.807, 2.05) is 0 Å². The maximum Gasteiger partial charge on any atom is 0.309 e. The standard InChI is InChI=1S/C8H6N2O2S/c11-8(12)3-6-5-1-2-9-4-7(5)13-10-6/h1-2,4H,3H2,(H,11,12). The molecule has 66 valence electrons. The molecule has 1 N–H and O–H groups in total. The van der Waals surface area contributed by atoms with Crippen LogP contribution in [0.15, 0.2) is 18.5 Å². The van der Waals surface area contributed by atoms with Gasteiger partial charge in [0.15, 0.2) is 0 Å². The van der Waals surface area contributed by atoms with Crippen molar-refractivity contribution in [3.05, 3.63) is 24.2 Å². The van der Waals surface area contributed by atoms with Crippen molar-refractivity contribution >= 4 is 27.6 Å². The number of pyridine rings is 1. The molecule has 0 amide bonds. The molecule has 2 aromatic heterocycles. The third kappa shape index (κ3) is 1.50. The van der Waals surface area contributed by atoms with Crippen molar-refractivity contribution in [1.82, 2.24) is 9.36 Å². The molecule has 0 spiro atoms. The number of carboxylic acids is 1. The van der Waals surface area contributed by atoms with E-state index in [-0.39, 0.29) is 6.42 Å². The third-order valence-electron chi connectivity index (χ3n) is 1.67. The lowest BCUT2D eigenvalue weighted by Crippen LogP contribution is -2.00.